The number of hydrogen-bond acceptors (Lipinski definition) is 5. The fraction of sp³-hybridized carbons (Fsp3) is 0.357. The van der Waals surface area contributed by atoms with Crippen molar-refractivity contribution in [3.05, 3.63) is 90.0 Å². The molecule has 5 nitrogen and oxygen atoms in total. The van der Waals surface area contributed by atoms with Crippen molar-refractivity contribution in [2.75, 3.05) is 39.1 Å². The number of piperidine rings is 1. The van der Waals surface area contributed by atoms with Crippen LogP contribution < -0.4 is 15.2 Å². The van der Waals surface area contributed by atoms with Crippen molar-refractivity contribution in [3.8, 4) is 11.5 Å². The molecule has 0 saturated carbocycles. The van der Waals surface area contributed by atoms with Crippen molar-refractivity contribution in [3.63, 3.8) is 0 Å². The lowest BCUT2D eigenvalue weighted by molar-refractivity contribution is -0.0273. The van der Waals surface area contributed by atoms with Gasteiger partial charge in [-0.3, -0.25) is 0 Å². The molecule has 1 aliphatic heterocycles. The minimum absolute atomic E-state index is 0.0709. The fourth-order valence-corrected chi connectivity index (χ4v) is 4.30. The summed E-state index contributed by atoms with van der Waals surface area (Å²) in [6, 6.07) is 26.3. The van der Waals surface area contributed by atoms with Crippen LogP contribution in [0.4, 0.5) is 5.69 Å². The van der Waals surface area contributed by atoms with Crippen LogP contribution in [0.15, 0.2) is 78.9 Å². The molecule has 0 radical (unpaired) electrons. The molecule has 0 aromatic heterocycles. The minimum Gasteiger partial charge on any atom is -0.497 e. The highest BCUT2D eigenvalue weighted by atomic mass is 16.5. The molecule has 5 heteroatoms. The van der Waals surface area contributed by atoms with Crippen molar-refractivity contribution in [2.45, 2.75) is 31.5 Å². The van der Waals surface area contributed by atoms with E-state index in [9.17, 15) is 0 Å². The molecule has 1 fully saturated rings. The van der Waals surface area contributed by atoms with Gasteiger partial charge in [-0.25, -0.2) is 0 Å². The van der Waals surface area contributed by atoms with E-state index in [1.165, 1.54) is 5.56 Å². The molecule has 0 amide bonds. The number of ether oxygens (including phenoxy) is 3. The second-order valence-electron chi connectivity index (χ2n) is 8.48. The molecule has 1 atom stereocenters. The number of benzene rings is 3. The van der Waals surface area contributed by atoms with Gasteiger partial charge in [0.05, 0.1) is 25.5 Å². The van der Waals surface area contributed by atoms with Crippen molar-refractivity contribution < 1.29 is 14.2 Å². The Bertz CT molecular complexity index is 970. The Hall–Kier alpha value is -3.02. The smallest absolute Gasteiger partial charge is 0.142 e. The molecule has 3 aromatic rings. The molecule has 33 heavy (non-hydrogen) atoms. The van der Waals surface area contributed by atoms with Crippen molar-refractivity contribution >= 4 is 5.69 Å². The monoisotopic (exact) mass is 446 g/mol. The Balaban J connectivity index is 1.27. The van der Waals surface area contributed by atoms with Gasteiger partial charge in [-0.05, 0) is 54.7 Å². The van der Waals surface area contributed by atoms with Crippen molar-refractivity contribution in [1.29, 1.82) is 0 Å². The van der Waals surface area contributed by atoms with E-state index in [4.69, 9.17) is 19.9 Å². The van der Waals surface area contributed by atoms with Gasteiger partial charge in [-0.1, -0.05) is 54.6 Å². The van der Waals surface area contributed by atoms with E-state index >= 15 is 0 Å². The average molecular weight is 447 g/mol. The zero-order valence-electron chi connectivity index (χ0n) is 19.4. The predicted molar refractivity (Wildman–Crippen MR) is 133 cm³/mol. The summed E-state index contributed by atoms with van der Waals surface area (Å²) in [7, 11) is 1.69. The third kappa shape index (κ3) is 6.50. The van der Waals surface area contributed by atoms with Gasteiger partial charge in [0.25, 0.3) is 0 Å². The molecular weight excluding hydrogens is 412 g/mol. The fourth-order valence-electron chi connectivity index (χ4n) is 4.30. The molecule has 0 spiro atoms. The first-order chi connectivity index (χ1) is 16.2. The van der Waals surface area contributed by atoms with Crippen LogP contribution in [0.5, 0.6) is 11.5 Å². The van der Waals surface area contributed by atoms with Gasteiger partial charge in [0.2, 0.25) is 0 Å². The van der Waals surface area contributed by atoms with Gasteiger partial charge in [0.15, 0.2) is 0 Å². The summed E-state index contributed by atoms with van der Waals surface area (Å²) in [5.41, 5.74) is 8.98. The van der Waals surface area contributed by atoms with Gasteiger partial charge >= 0.3 is 0 Å². The van der Waals surface area contributed by atoms with Gasteiger partial charge in [-0.2, -0.15) is 0 Å². The average Bonchev–Trinajstić information content (AvgIpc) is 2.87. The number of nitrogens with two attached hydrogens (primary N) is 1. The summed E-state index contributed by atoms with van der Waals surface area (Å²) >= 11 is 0. The van der Waals surface area contributed by atoms with Gasteiger partial charge in [0.1, 0.15) is 17.6 Å². The van der Waals surface area contributed by atoms with E-state index in [-0.39, 0.29) is 12.2 Å². The maximum absolute atomic E-state index is 6.68. The third-order valence-corrected chi connectivity index (χ3v) is 6.18. The van der Waals surface area contributed by atoms with Crippen LogP contribution in [-0.4, -0.2) is 44.4 Å². The molecule has 2 N–H and O–H groups in total. The first-order valence-electron chi connectivity index (χ1n) is 11.8. The lowest BCUT2D eigenvalue weighted by Gasteiger charge is -2.34. The zero-order chi connectivity index (χ0) is 22.9. The van der Waals surface area contributed by atoms with E-state index in [1.54, 1.807) is 7.11 Å². The summed E-state index contributed by atoms with van der Waals surface area (Å²) < 4.78 is 17.8. The number of hydrogen-bond donors (Lipinski definition) is 1. The van der Waals surface area contributed by atoms with E-state index in [0.717, 1.165) is 56.0 Å². The molecule has 1 unspecified atom stereocenters. The second-order valence-corrected chi connectivity index (χ2v) is 8.48. The molecular formula is C28H34N2O3. The first kappa shape index (κ1) is 23.1. The Morgan fingerprint density at radius 2 is 1.55 bits per heavy atom. The third-order valence-electron chi connectivity index (χ3n) is 6.18. The van der Waals surface area contributed by atoms with Crippen molar-refractivity contribution in [1.82, 2.24) is 4.90 Å². The first-order valence-corrected chi connectivity index (χ1v) is 11.8. The molecule has 1 heterocycles. The number of likely N-dealkylation sites (tertiary alicyclic amines) is 1. The topological polar surface area (TPSA) is 57.0 Å². The number of nitrogens with zero attached hydrogens (tertiary/aromatic N) is 1. The number of anilines is 1. The number of methoxy groups -OCH3 is 1. The van der Waals surface area contributed by atoms with Crippen LogP contribution in [0, 0.1) is 0 Å². The lowest BCUT2D eigenvalue weighted by Crippen LogP contribution is -2.38. The normalized spacial score (nSPS) is 15.8. The lowest BCUT2D eigenvalue weighted by atomic mass is 10.00. The standard InChI is InChI=1S/C28H34N2O3/c1-31-24-14-12-23(13-15-24)28(22-8-3-2-4-9-22)33-25-16-19-30(20-17-25)18-7-21-32-27-11-6-5-10-26(27)29/h2-6,8-15,25,28H,7,16-21,29H2,1H3. The summed E-state index contributed by atoms with van der Waals surface area (Å²) in [6.45, 7) is 3.79. The molecule has 0 bridgehead atoms. The molecule has 0 aliphatic carbocycles. The minimum atomic E-state index is -0.0709. The van der Waals surface area contributed by atoms with Crippen LogP contribution in [0.2, 0.25) is 0 Å². The molecule has 4 rings (SSSR count). The van der Waals surface area contributed by atoms with Crippen LogP contribution in [0.1, 0.15) is 36.5 Å². The molecule has 1 aliphatic rings. The van der Waals surface area contributed by atoms with Gasteiger partial charge in [0, 0.05) is 19.6 Å². The maximum atomic E-state index is 6.68. The summed E-state index contributed by atoms with van der Waals surface area (Å²) in [6.07, 6.45) is 3.23. The SMILES string of the molecule is COc1ccc(C(OC2CCN(CCCOc3ccccc3N)CC2)c2ccccc2)cc1. The highest BCUT2D eigenvalue weighted by Gasteiger charge is 2.24. The summed E-state index contributed by atoms with van der Waals surface area (Å²) in [4.78, 5) is 2.50. The number of para-hydroxylation sites is 2. The number of rotatable bonds is 10. The second kappa shape index (κ2) is 11.7. The molecule has 174 valence electrons. The van der Waals surface area contributed by atoms with Gasteiger partial charge < -0.3 is 24.8 Å². The van der Waals surface area contributed by atoms with E-state index in [1.807, 2.05) is 42.5 Å². The van der Waals surface area contributed by atoms with Crippen molar-refractivity contribution in [2.24, 2.45) is 0 Å². The Labute approximate surface area is 197 Å². The van der Waals surface area contributed by atoms with Crippen LogP contribution in [-0.2, 0) is 4.74 Å². The largest absolute Gasteiger partial charge is 0.497 e. The van der Waals surface area contributed by atoms with E-state index in [2.05, 4.69) is 41.3 Å². The highest BCUT2D eigenvalue weighted by molar-refractivity contribution is 5.51. The highest BCUT2D eigenvalue weighted by Crippen LogP contribution is 2.31. The summed E-state index contributed by atoms with van der Waals surface area (Å²) in [5, 5.41) is 0. The number of nitrogen functional groups attached to an aromatic ring is 1. The van der Waals surface area contributed by atoms with Crippen LogP contribution in [0.3, 0.4) is 0 Å². The quantitative estimate of drug-likeness (QED) is 0.338. The maximum Gasteiger partial charge on any atom is 0.142 e. The zero-order valence-corrected chi connectivity index (χ0v) is 19.4. The van der Waals surface area contributed by atoms with Crippen LogP contribution in [0.25, 0.3) is 0 Å². The Kier molecular flexibility index (Phi) is 8.23. The van der Waals surface area contributed by atoms with E-state index in [0.29, 0.717) is 12.3 Å². The van der Waals surface area contributed by atoms with Gasteiger partial charge in [-0.15, -0.1) is 0 Å². The Morgan fingerprint density at radius 3 is 2.24 bits per heavy atom. The summed E-state index contributed by atoms with van der Waals surface area (Å²) in [5.74, 6) is 1.63. The molecule has 3 aromatic carbocycles. The molecule has 1 saturated heterocycles. The Morgan fingerprint density at radius 1 is 0.879 bits per heavy atom. The van der Waals surface area contributed by atoms with Crippen LogP contribution >= 0.6 is 0 Å². The van der Waals surface area contributed by atoms with E-state index < -0.39 is 0 Å². The predicted octanol–water partition coefficient (Wildman–Crippen LogP) is 5.32.